The molecule has 0 saturated carbocycles. The summed E-state index contributed by atoms with van der Waals surface area (Å²) in [5.74, 6) is -0.424. The average Bonchev–Trinajstić information content (AvgIpc) is 3.49. The lowest BCUT2D eigenvalue weighted by Crippen LogP contribution is -2.41. The first-order valence-corrected chi connectivity index (χ1v) is 15.2. The molecule has 6 rings (SSSR count). The molecule has 0 radical (unpaired) electrons. The number of halogens is 1. The molecule has 3 aromatic carbocycles. The van der Waals surface area contributed by atoms with E-state index in [1.807, 2.05) is 66.7 Å². The molecule has 8 nitrogen and oxygen atoms in total. The summed E-state index contributed by atoms with van der Waals surface area (Å²) < 4.78 is 13.7. The highest BCUT2D eigenvalue weighted by Crippen LogP contribution is 2.40. The van der Waals surface area contributed by atoms with Gasteiger partial charge < -0.3 is 14.4 Å². The number of methoxy groups -OCH3 is 1. The summed E-state index contributed by atoms with van der Waals surface area (Å²) in [5.41, 5.74) is 3.04. The summed E-state index contributed by atoms with van der Waals surface area (Å²) in [6, 6.07) is 21.1. The predicted molar refractivity (Wildman–Crippen MR) is 170 cm³/mol. The van der Waals surface area contributed by atoms with E-state index in [2.05, 4.69) is 22.5 Å². The van der Waals surface area contributed by atoms with Crippen molar-refractivity contribution in [3.63, 3.8) is 0 Å². The largest absolute Gasteiger partial charge is 0.496 e. The van der Waals surface area contributed by atoms with Crippen LogP contribution >= 0.6 is 27.3 Å². The van der Waals surface area contributed by atoms with E-state index in [0.29, 0.717) is 50.7 Å². The second-order valence-corrected chi connectivity index (χ2v) is 11.6. The molecule has 43 heavy (non-hydrogen) atoms. The molecule has 1 aromatic heterocycles. The van der Waals surface area contributed by atoms with Gasteiger partial charge in [0.25, 0.3) is 11.5 Å². The normalized spacial score (nSPS) is 16.9. The van der Waals surface area contributed by atoms with Gasteiger partial charge in [-0.15, -0.1) is 6.58 Å². The Balaban J connectivity index is 1.75. The minimum atomic E-state index is -0.955. The number of ether oxygens (including phenoxy) is 2. The van der Waals surface area contributed by atoms with Crippen molar-refractivity contribution in [2.45, 2.75) is 13.0 Å². The highest BCUT2D eigenvalue weighted by Gasteiger charge is 2.39. The SMILES string of the molecule is C=CCN1C(=O)/C(=c2\sc3n(c2=O)[C@@H](c2cc(Br)ccc2OC)C(C(=O)OCC)=C(c2ccccc2)N=3)c2ccccc21. The molecule has 0 aliphatic carbocycles. The van der Waals surface area contributed by atoms with Gasteiger partial charge in [-0.25, -0.2) is 9.79 Å². The topological polar surface area (TPSA) is 90.2 Å². The van der Waals surface area contributed by atoms with Crippen LogP contribution in [0.4, 0.5) is 5.69 Å². The molecule has 0 N–H and O–H groups in total. The van der Waals surface area contributed by atoms with Crippen LogP contribution in [0.3, 0.4) is 0 Å². The number of hydrogen-bond donors (Lipinski definition) is 0. The molecule has 0 fully saturated rings. The standard InChI is InChI=1S/C33H26BrN3O5S/c1-4-17-36-23-14-10-9-13-21(23)25(30(36)38)29-31(39)37-28(22-18-20(34)15-16-24(22)41-3)26(32(40)42-5-2)27(35-33(37)43-29)19-11-7-6-8-12-19/h4,6-16,18,28H,1,5,17H2,2-3H3/b29-25-/t28-/m0/s1. The quantitative estimate of drug-likeness (QED) is 0.214. The lowest BCUT2D eigenvalue weighted by molar-refractivity contribution is -0.138. The summed E-state index contributed by atoms with van der Waals surface area (Å²) >= 11 is 4.67. The van der Waals surface area contributed by atoms with Gasteiger partial charge in [0.1, 0.15) is 16.3 Å². The third-order valence-corrected chi connectivity index (χ3v) is 8.84. The lowest BCUT2D eigenvalue weighted by Gasteiger charge is -2.27. The highest BCUT2D eigenvalue weighted by molar-refractivity contribution is 9.10. The Hall–Kier alpha value is -4.54. The summed E-state index contributed by atoms with van der Waals surface area (Å²) in [6.45, 7) is 5.95. The first-order chi connectivity index (χ1) is 20.9. The summed E-state index contributed by atoms with van der Waals surface area (Å²) in [5, 5.41) is 0. The molecule has 0 saturated heterocycles. The van der Waals surface area contributed by atoms with Gasteiger partial charge in [-0.2, -0.15) is 0 Å². The van der Waals surface area contributed by atoms with Crippen molar-refractivity contribution in [1.82, 2.24) is 4.57 Å². The van der Waals surface area contributed by atoms with Crippen molar-refractivity contribution in [1.29, 1.82) is 0 Å². The number of benzene rings is 3. The number of carbonyl (C=O) groups excluding carboxylic acids is 2. The molecule has 1 amide bonds. The Morgan fingerprint density at radius 2 is 1.84 bits per heavy atom. The fraction of sp³-hybridized carbons (Fsp3) is 0.152. The zero-order valence-electron chi connectivity index (χ0n) is 23.4. The molecule has 3 heterocycles. The van der Waals surface area contributed by atoms with E-state index in [4.69, 9.17) is 14.5 Å². The maximum Gasteiger partial charge on any atom is 0.338 e. The van der Waals surface area contributed by atoms with Crippen LogP contribution in [0.5, 0.6) is 5.75 Å². The molecule has 2 aliphatic rings. The van der Waals surface area contributed by atoms with Crippen LogP contribution < -0.4 is 24.5 Å². The van der Waals surface area contributed by atoms with Crippen molar-refractivity contribution in [3.8, 4) is 5.75 Å². The first-order valence-electron chi connectivity index (χ1n) is 13.6. The smallest absolute Gasteiger partial charge is 0.338 e. The number of para-hydroxylation sites is 1. The number of rotatable bonds is 7. The Bertz CT molecular complexity index is 2010. The first kappa shape index (κ1) is 28.6. The predicted octanol–water partition coefficient (Wildman–Crippen LogP) is 4.61. The minimum Gasteiger partial charge on any atom is -0.496 e. The van der Waals surface area contributed by atoms with Gasteiger partial charge in [0.15, 0.2) is 4.80 Å². The van der Waals surface area contributed by atoms with Gasteiger partial charge >= 0.3 is 5.97 Å². The number of hydrogen-bond acceptors (Lipinski definition) is 7. The number of fused-ring (bicyclic) bond motifs is 2. The number of nitrogens with zero attached hydrogens (tertiary/aromatic N) is 3. The van der Waals surface area contributed by atoms with Crippen LogP contribution in [0.2, 0.25) is 0 Å². The van der Waals surface area contributed by atoms with Gasteiger partial charge in [0.05, 0.1) is 36.2 Å². The molecule has 4 aromatic rings. The summed E-state index contributed by atoms with van der Waals surface area (Å²) in [6.07, 6.45) is 1.65. The van der Waals surface area contributed by atoms with Gasteiger partial charge in [-0.1, -0.05) is 81.9 Å². The molecule has 216 valence electrons. The molecule has 0 unspecified atom stereocenters. The van der Waals surface area contributed by atoms with Crippen molar-refractivity contribution in [2.24, 2.45) is 4.99 Å². The Labute approximate surface area is 259 Å². The van der Waals surface area contributed by atoms with Crippen LogP contribution in [0, 0.1) is 0 Å². The molecule has 0 bridgehead atoms. The second kappa shape index (κ2) is 11.6. The summed E-state index contributed by atoms with van der Waals surface area (Å²) in [4.78, 5) is 49.0. The number of carbonyl (C=O) groups is 2. The summed E-state index contributed by atoms with van der Waals surface area (Å²) in [7, 11) is 1.53. The van der Waals surface area contributed by atoms with E-state index in [9.17, 15) is 14.4 Å². The third-order valence-electron chi connectivity index (χ3n) is 7.30. The van der Waals surface area contributed by atoms with Crippen molar-refractivity contribution in [3.05, 3.63) is 132 Å². The van der Waals surface area contributed by atoms with E-state index < -0.39 is 17.6 Å². The second-order valence-electron chi connectivity index (χ2n) is 9.73. The van der Waals surface area contributed by atoms with Crippen LogP contribution in [-0.2, 0) is 14.3 Å². The fourth-order valence-corrected chi connectivity index (χ4v) is 6.98. The Morgan fingerprint density at radius 3 is 2.56 bits per heavy atom. The van der Waals surface area contributed by atoms with Crippen molar-refractivity contribution < 1.29 is 19.1 Å². The van der Waals surface area contributed by atoms with Gasteiger partial charge in [-0.05, 0) is 31.2 Å². The zero-order valence-corrected chi connectivity index (χ0v) is 25.8. The van der Waals surface area contributed by atoms with Crippen molar-refractivity contribution in [2.75, 3.05) is 25.2 Å². The zero-order chi connectivity index (χ0) is 30.2. The molecule has 10 heteroatoms. The van der Waals surface area contributed by atoms with E-state index in [-0.39, 0.29) is 22.6 Å². The average molecular weight is 657 g/mol. The van der Waals surface area contributed by atoms with Gasteiger partial charge in [0, 0.05) is 27.7 Å². The molecular formula is C33H26BrN3O5S. The number of esters is 1. The van der Waals surface area contributed by atoms with Crippen LogP contribution in [0.1, 0.15) is 29.7 Å². The van der Waals surface area contributed by atoms with E-state index in [0.717, 1.165) is 15.8 Å². The maximum atomic E-state index is 14.5. The van der Waals surface area contributed by atoms with E-state index in [1.165, 1.54) is 11.7 Å². The maximum absolute atomic E-state index is 14.5. The third kappa shape index (κ3) is 4.76. The minimum absolute atomic E-state index is 0.131. The molecule has 0 spiro atoms. The fourth-order valence-electron chi connectivity index (χ4n) is 5.51. The van der Waals surface area contributed by atoms with Crippen molar-refractivity contribution >= 4 is 56.1 Å². The van der Waals surface area contributed by atoms with Crippen LogP contribution in [0.25, 0.3) is 11.3 Å². The van der Waals surface area contributed by atoms with E-state index >= 15 is 0 Å². The Morgan fingerprint density at radius 1 is 1.09 bits per heavy atom. The Kier molecular flexibility index (Phi) is 7.72. The monoisotopic (exact) mass is 655 g/mol. The number of aromatic nitrogens is 1. The van der Waals surface area contributed by atoms with E-state index in [1.54, 1.807) is 24.0 Å². The molecule has 2 aliphatic heterocycles. The highest BCUT2D eigenvalue weighted by atomic mass is 79.9. The molecule has 1 atom stereocenters. The molecular weight excluding hydrogens is 630 g/mol. The van der Waals surface area contributed by atoms with Gasteiger partial charge in [0.2, 0.25) is 0 Å². The van der Waals surface area contributed by atoms with Crippen LogP contribution in [-0.4, -0.2) is 36.7 Å². The van der Waals surface area contributed by atoms with Crippen LogP contribution in [0.15, 0.2) is 105 Å². The number of anilines is 1. The van der Waals surface area contributed by atoms with Gasteiger partial charge in [-0.3, -0.25) is 14.2 Å². The lowest BCUT2D eigenvalue weighted by atomic mass is 9.92. The number of amides is 1. The number of thiazole rings is 1.